The summed E-state index contributed by atoms with van der Waals surface area (Å²) in [5, 5.41) is 0. The van der Waals surface area contributed by atoms with E-state index in [1.54, 1.807) is 12.1 Å². The molecule has 2 rings (SSSR count). The van der Waals surface area contributed by atoms with Gasteiger partial charge in [0.25, 0.3) is 10.0 Å². The molecular formula is C13H17N5O2S. The summed E-state index contributed by atoms with van der Waals surface area (Å²) in [5.74, 6) is 5.67. The lowest BCUT2D eigenvalue weighted by atomic mass is 10.0. The van der Waals surface area contributed by atoms with E-state index in [1.165, 1.54) is 12.4 Å². The molecule has 0 aliphatic carbocycles. The monoisotopic (exact) mass is 307 g/mol. The first-order valence-corrected chi connectivity index (χ1v) is 7.82. The number of aromatic nitrogens is 2. The summed E-state index contributed by atoms with van der Waals surface area (Å²) < 4.78 is 26.8. The molecule has 4 N–H and O–H groups in total. The fourth-order valence-electron chi connectivity index (χ4n) is 1.68. The fraction of sp³-hybridized carbons (Fsp3) is 0.231. The quantitative estimate of drug-likeness (QED) is 0.572. The largest absolute Gasteiger partial charge is 0.292 e. The Morgan fingerprint density at radius 1 is 1.10 bits per heavy atom. The van der Waals surface area contributed by atoms with E-state index >= 15 is 0 Å². The van der Waals surface area contributed by atoms with Gasteiger partial charge in [-0.2, -0.15) is 0 Å². The molecule has 1 heterocycles. The summed E-state index contributed by atoms with van der Waals surface area (Å²) in [6.45, 7) is 4.15. The Morgan fingerprint density at radius 2 is 1.67 bits per heavy atom. The Labute approximate surface area is 123 Å². The average molecular weight is 307 g/mol. The summed E-state index contributed by atoms with van der Waals surface area (Å²) in [7, 11) is -3.72. The molecule has 1 aromatic carbocycles. The van der Waals surface area contributed by atoms with E-state index in [4.69, 9.17) is 5.84 Å². The molecule has 112 valence electrons. The predicted molar refractivity (Wildman–Crippen MR) is 81.2 cm³/mol. The molecule has 0 aliphatic rings. The smallest absolute Gasteiger partial charge is 0.264 e. The highest BCUT2D eigenvalue weighted by atomic mass is 32.2. The van der Waals surface area contributed by atoms with Gasteiger partial charge in [0.2, 0.25) is 5.95 Å². The molecule has 8 heteroatoms. The van der Waals surface area contributed by atoms with Crippen LogP contribution < -0.4 is 16.0 Å². The molecule has 1 aromatic heterocycles. The second-order valence-corrected chi connectivity index (χ2v) is 6.45. The van der Waals surface area contributed by atoms with Crippen LogP contribution in [0, 0.1) is 0 Å². The molecule has 0 aliphatic heterocycles. The summed E-state index contributed by atoms with van der Waals surface area (Å²) in [6.07, 6.45) is 2.38. The van der Waals surface area contributed by atoms with Crippen LogP contribution in [-0.4, -0.2) is 18.4 Å². The van der Waals surface area contributed by atoms with E-state index in [-0.39, 0.29) is 10.8 Å². The SMILES string of the molecule is CC(C)c1ccc(NS(=O)(=O)c2cnc(NN)nc2)cc1. The second kappa shape index (κ2) is 6.06. The van der Waals surface area contributed by atoms with Crippen molar-refractivity contribution in [2.75, 3.05) is 10.1 Å². The number of nitrogen functional groups attached to an aromatic ring is 1. The van der Waals surface area contributed by atoms with Gasteiger partial charge in [-0.1, -0.05) is 26.0 Å². The first-order chi connectivity index (χ1) is 9.92. The van der Waals surface area contributed by atoms with Gasteiger partial charge in [0, 0.05) is 5.69 Å². The van der Waals surface area contributed by atoms with Crippen LogP contribution in [0.1, 0.15) is 25.3 Å². The van der Waals surface area contributed by atoms with E-state index in [1.807, 2.05) is 12.1 Å². The van der Waals surface area contributed by atoms with E-state index in [0.717, 1.165) is 5.56 Å². The zero-order valence-corrected chi connectivity index (χ0v) is 12.6. The summed E-state index contributed by atoms with van der Waals surface area (Å²) in [6, 6.07) is 7.23. The second-order valence-electron chi connectivity index (χ2n) is 4.77. The van der Waals surface area contributed by atoms with Gasteiger partial charge >= 0.3 is 0 Å². The van der Waals surface area contributed by atoms with Gasteiger partial charge in [-0.15, -0.1) is 0 Å². The van der Waals surface area contributed by atoms with E-state index in [9.17, 15) is 8.42 Å². The zero-order chi connectivity index (χ0) is 15.5. The van der Waals surface area contributed by atoms with E-state index in [2.05, 4.69) is 34.0 Å². The Bertz CT molecular complexity index is 696. The van der Waals surface area contributed by atoms with Crippen LogP contribution in [0.25, 0.3) is 0 Å². The van der Waals surface area contributed by atoms with Gasteiger partial charge in [-0.3, -0.25) is 10.1 Å². The number of hydrogen-bond donors (Lipinski definition) is 3. The summed E-state index contributed by atoms with van der Waals surface area (Å²) >= 11 is 0. The Morgan fingerprint density at radius 3 is 2.14 bits per heavy atom. The molecule has 0 unspecified atom stereocenters. The Balaban J connectivity index is 2.19. The highest BCUT2D eigenvalue weighted by Crippen LogP contribution is 2.19. The molecule has 0 fully saturated rings. The maximum atomic E-state index is 12.2. The number of hydrogen-bond acceptors (Lipinski definition) is 6. The molecule has 0 atom stereocenters. The Hall–Kier alpha value is -2.19. The first kappa shape index (κ1) is 15.2. The average Bonchev–Trinajstić information content (AvgIpc) is 2.47. The van der Waals surface area contributed by atoms with Crippen molar-refractivity contribution in [3.05, 3.63) is 42.2 Å². The number of nitrogens with one attached hydrogen (secondary N) is 2. The third kappa shape index (κ3) is 3.67. The molecule has 0 saturated heterocycles. The van der Waals surface area contributed by atoms with Gasteiger partial charge in [0.15, 0.2) is 0 Å². The van der Waals surface area contributed by atoms with Crippen molar-refractivity contribution < 1.29 is 8.42 Å². The number of nitrogens with zero attached hydrogens (tertiary/aromatic N) is 2. The number of benzene rings is 1. The van der Waals surface area contributed by atoms with Crippen molar-refractivity contribution in [3.63, 3.8) is 0 Å². The van der Waals surface area contributed by atoms with Crippen molar-refractivity contribution in [1.29, 1.82) is 0 Å². The maximum Gasteiger partial charge on any atom is 0.264 e. The number of rotatable bonds is 5. The topological polar surface area (TPSA) is 110 Å². The molecular weight excluding hydrogens is 290 g/mol. The predicted octanol–water partition coefficient (Wildman–Crippen LogP) is 1.69. The minimum absolute atomic E-state index is 0.0329. The zero-order valence-electron chi connectivity index (χ0n) is 11.7. The van der Waals surface area contributed by atoms with Crippen molar-refractivity contribution in [2.45, 2.75) is 24.7 Å². The van der Waals surface area contributed by atoms with Crippen LogP contribution in [0.5, 0.6) is 0 Å². The van der Waals surface area contributed by atoms with Crippen molar-refractivity contribution in [2.24, 2.45) is 5.84 Å². The van der Waals surface area contributed by atoms with Crippen LogP contribution in [0.2, 0.25) is 0 Å². The van der Waals surface area contributed by atoms with Crippen LogP contribution in [0.4, 0.5) is 11.6 Å². The summed E-state index contributed by atoms with van der Waals surface area (Å²) in [5.41, 5.74) is 3.86. The standard InChI is InChI=1S/C13H17N5O2S/c1-9(2)10-3-5-11(6-4-10)18-21(19,20)12-7-15-13(17-14)16-8-12/h3-9,18H,14H2,1-2H3,(H,15,16,17). The fourth-order valence-corrected chi connectivity index (χ4v) is 2.63. The van der Waals surface area contributed by atoms with E-state index < -0.39 is 10.0 Å². The third-order valence-electron chi connectivity index (χ3n) is 2.90. The molecule has 0 bridgehead atoms. The number of sulfonamides is 1. The lowest BCUT2D eigenvalue weighted by molar-refractivity contribution is 0.600. The molecule has 0 spiro atoms. The normalized spacial score (nSPS) is 11.4. The van der Waals surface area contributed by atoms with Gasteiger partial charge in [0.05, 0.1) is 12.4 Å². The van der Waals surface area contributed by atoms with E-state index in [0.29, 0.717) is 11.6 Å². The molecule has 0 saturated carbocycles. The molecule has 0 radical (unpaired) electrons. The van der Waals surface area contributed by atoms with Gasteiger partial charge < -0.3 is 0 Å². The number of nitrogens with two attached hydrogens (primary N) is 1. The minimum atomic E-state index is -3.72. The lowest BCUT2D eigenvalue weighted by Gasteiger charge is -2.10. The van der Waals surface area contributed by atoms with Crippen molar-refractivity contribution in [1.82, 2.24) is 9.97 Å². The van der Waals surface area contributed by atoms with Gasteiger partial charge in [-0.05, 0) is 23.6 Å². The molecule has 7 nitrogen and oxygen atoms in total. The Kier molecular flexibility index (Phi) is 4.39. The lowest BCUT2D eigenvalue weighted by Crippen LogP contribution is -2.15. The third-order valence-corrected chi connectivity index (χ3v) is 4.23. The molecule has 2 aromatic rings. The van der Waals surface area contributed by atoms with Crippen molar-refractivity contribution in [3.8, 4) is 0 Å². The van der Waals surface area contributed by atoms with Gasteiger partial charge in [0.1, 0.15) is 4.90 Å². The van der Waals surface area contributed by atoms with Crippen LogP contribution in [0.15, 0.2) is 41.6 Å². The van der Waals surface area contributed by atoms with Crippen LogP contribution in [-0.2, 0) is 10.0 Å². The minimum Gasteiger partial charge on any atom is -0.292 e. The molecule has 21 heavy (non-hydrogen) atoms. The van der Waals surface area contributed by atoms with Crippen LogP contribution >= 0.6 is 0 Å². The van der Waals surface area contributed by atoms with Crippen molar-refractivity contribution >= 4 is 21.7 Å². The number of hydrazine groups is 1. The highest BCUT2D eigenvalue weighted by Gasteiger charge is 2.15. The number of anilines is 2. The highest BCUT2D eigenvalue weighted by molar-refractivity contribution is 7.92. The summed E-state index contributed by atoms with van der Waals surface area (Å²) in [4.78, 5) is 7.52. The maximum absolute atomic E-state index is 12.2. The van der Waals surface area contributed by atoms with Gasteiger partial charge in [-0.25, -0.2) is 24.2 Å². The van der Waals surface area contributed by atoms with Crippen LogP contribution in [0.3, 0.4) is 0 Å². The first-order valence-electron chi connectivity index (χ1n) is 6.34. The molecule has 0 amide bonds.